The zero-order chi connectivity index (χ0) is 36.4. The molecule has 2 bridgehead atoms. The third-order valence-electron chi connectivity index (χ3n) is 10.9. The maximum Gasteiger partial charge on any atom is 0.341 e. The molecule has 3 aliphatic carbocycles. The van der Waals surface area contributed by atoms with Crippen LogP contribution in [0.1, 0.15) is 78.6 Å². The Kier molecular flexibility index (Phi) is 9.07. The Morgan fingerprint density at radius 2 is 1.51 bits per heavy atom. The second kappa shape index (κ2) is 12.3. The number of carbonyl (C=O) groups is 6. The first-order chi connectivity index (χ1) is 22.7. The van der Waals surface area contributed by atoms with Gasteiger partial charge in [-0.1, -0.05) is 26.0 Å². The van der Waals surface area contributed by atoms with E-state index in [1.54, 1.807) is 20.8 Å². The molecule has 5 rings (SSSR count). The van der Waals surface area contributed by atoms with Crippen molar-refractivity contribution in [3.05, 3.63) is 46.8 Å². The van der Waals surface area contributed by atoms with Gasteiger partial charge in [-0.05, 0) is 37.1 Å². The molecule has 0 spiro atoms. The summed E-state index contributed by atoms with van der Waals surface area (Å²) in [6.07, 6.45) is -7.77. The second-order valence-corrected chi connectivity index (χ2v) is 14.1. The Morgan fingerprint density at radius 3 is 2.04 bits per heavy atom. The molecule has 1 N–H and O–H groups in total. The van der Waals surface area contributed by atoms with Crippen LogP contribution in [0.3, 0.4) is 0 Å². The number of carbonyl (C=O) groups excluding carboxylic acids is 6. The Balaban J connectivity index is 1.90. The van der Waals surface area contributed by atoms with Gasteiger partial charge in [0.25, 0.3) is 0 Å². The normalized spacial score (nSPS) is 36.0. The first-order valence-electron chi connectivity index (χ1n) is 16.0. The van der Waals surface area contributed by atoms with Gasteiger partial charge >= 0.3 is 29.8 Å². The lowest BCUT2D eigenvalue weighted by molar-refractivity contribution is -0.346. The monoisotopic (exact) mass is 688 g/mol. The molecule has 14 heteroatoms. The molecule has 0 aromatic heterocycles. The highest BCUT2D eigenvalue weighted by molar-refractivity contribution is 5.96. The molecule has 1 saturated heterocycles. The summed E-state index contributed by atoms with van der Waals surface area (Å²) in [7, 11) is 0. The molecule has 0 amide bonds. The maximum absolute atomic E-state index is 15.3. The van der Waals surface area contributed by atoms with Gasteiger partial charge in [-0.25, -0.2) is 9.18 Å². The zero-order valence-electron chi connectivity index (χ0n) is 28.6. The van der Waals surface area contributed by atoms with Gasteiger partial charge in [0, 0.05) is 46.0 Å². The number of rotatable bonds is 6. The molecule has 49 heavy (non-hydrogen) atoms. The summed E-state index contributed by atoms with van der Waals surface area (Å²) in [5, 5.41) is 13.3. The minimum Gasteiger partial charge on any atom is -0.461 e. The summed E-state index contributed by atoms with van der Waals surface area (Å²) in [5.74, 6) is -7.73. The number of hydrogen-bond donors (Lipinski definition) is 1. The van der Waals surface area contributed by atoms with Crippen molar-refractivity contribution in [2.45, 2.75) is 110 Å². The fourth-order valence-corrected chi connectivity index (χ4v) is 8.62. The van der Waals surface area contributed by atoms with E-state index in [2.05, 4.69) is 0 Å². The fourth-order valence-electron chi connectivity index (χ4n) is 8.62. The lowest BCUT2D eigenvalue weighted by atomic mass is 9.44. The van der Waals surface area contributed by atoms with Gasteiger partial charge in [-0.15, -0.1) is 0 Å². The molecule has 266 valence electrons. The number of Topliss-reactive ketones (excluding diaryl/α,β-unsaturated/α-hetero) is 1. The highest BCUT2D eigenvalue weighted by Crippen LogP contribution is 2.65. The third-order valence-corrected chi connectivity index (χ3v) is 10.9. The molecule has 2 saturated carbocycles. The van der Waals surface area contributed by atoms with E-state index in [0.29, 0.717) is 5.57 Å². The Bertz CT molecular complexity index is 1650. The van der Waals surface area contributed by atoms with Crippen LogP contribution in [0.2, 0.25) is 0 Å². The molecular weight excluding hydrogens is 647 g/mol. The minimum absolute atomic E-state index is 0.0643. The van der Waals surface area contributed by atoms with Crippen LogP contribution < -0.4 is 0 Å². The second-order valence-electron chi connectivity index (χ2n) is 14.1. The van der Waals surface area contributed by atoms with Gasteiger partial charge < -0.3 is 33.5 Å². The molecule has 1 aromatic carbocycles. The number of halogens is 1. The van der Waals surface area contributed by atoms with Crippen molar-refractivity contribution in [1.82, 2.24) is 0 Å². The number of fused-ring (bicyclic) bond motifs is 5. The zero-order valence-corrected chi connectivity index (χ0v) is 28.6. The quantitative estimate of drug-likeness (QED) is 0.262. The summed E-state index contributed by atoms with van der Waals surface area (Å²) in [4.78, 5) is 79.8. The van der Waals surface area contributed by atoms with E-state index in [4.69, 9.17) is 28.4 Å². The number of ether oxygens (including phenoxy) is 6. The van der Waals surface area contributed by atoms with Gasteiger partial charge in [-0.3, -0.25) is 24.0 Å². The van der Waals surface area contributed by atoms with Crippen LogP contribution >= 0.6 is 0 Å². The fraction of sp³-hybridized carbons (Fsp3) is 0.600. The van der Waals surface area contributed by atoms with Gasteiger partial charge in [0.15, 0.2) is 17.5 Å². The smallest absolute Gasteiger partial charge is 0.341 e. The van der Waals surface area contributed by atoms with E-state index < -0.39 is 112 Å². The van der Waals surface area contributed by atoms with Crippen molar-refractivity contribution in [1.29, 1.82) is 0 Å². The average molecular weight is 689 g/mol. The van der Waals surface area contributed by atoms with Crippen LogP contribution in [-0.2, 0) is 52.4 Å². The molecule has 3 fully saturated rings. The highest BCUT2D eigenvalue weighted by Gasteiger charge is 2.79. The van der Waals surface area contributed by atoms with E-state index in [0.717, 1.165) is 33.8 Å². The van der Waals surface area contributed by atoms with Crippen molar-refractivity contribution in [3.8, 4) is 0 Å². The van der Waals surface area contributed by atoms with Crippen molar-refractivity contribution >= 4 is 35.6 Å². The van der Waals surface area contributed by atoms with Crippen molar-refractivity contribution in [2.24, 2.45) is 16.7 Å². The molecule has 0 unspecified atom stereocenters. The van der Waals surface area contributed by atoms with E-state index >= 15 is 9.18 Å². The van der Waals surface area contributed by atoms with Crippen LogP contribution in [0.15, 0.2) is 35.4 Å². The molecule has 13 nitrogen and oxygen atoms in total. The van der Waals surface area contributed by atoms with Gasteiger partial charge in [-0.2, -0.15) is 0 Å². The predicted octanol–water partition coefficient (Wildman–Crippen LogP) is 2.93. The summed E-state index contributed by atoms with van der Waals surface area (Å²) in [6, 6.07) is 4.99. The standard InChI is InChI=1S/C35H41FO13/c1-16-23(45-17(2)37)14-35(43)30(48-31(42)21-11-9-10-12-22(21)36)28-33(8,29(41)27(47-19(4)39)26(16)32(35,6)7)24(46-18(3)38)13-25-34(28,15-44-25)49-20(5)40/h9-12,23-25,27-28,30,43H,13-15H2,1-8H3/t23-,24-,25+,27+,28-,30-,33+,34-,35+/m0/s1. The van der Waals surface area contributed by atoms with E-state index in [1.807, 2.05) is 0 Å². The first-order valence-corrected chi connectivity index (χ1v) is 16.0. The molecule has 1 aromatic rings. The summed E-state index contributed by atoms with van der Waals surface area (Å²) >= 11 is 0. The third kappa shape index (κ3) is 5.52. The lowest BCUT2D eigenvalue weighted by Crippen LogP contribution is -2.82. The van der Waals surface area contributed by atoms with Gasteiger partial charge in [0.05, 0.1) is 23.5 Å². The maximum atomic E-state index is 15.3. The molecule has 1 heterocycles. The van der Waals surface area contributed by atoms with Crippen LogP contribution in [0, 0.1) is 22.6 Å². The molecule has 1 aliphatic heterocycles. The first kappa shape index (κ1) is 36.1. The molecule has 0 radical (unpaired) electrons. The summed E-state index contributed by atoms with van der Waals surface area (Å²) in [6.45, 7) is 10.2. The lowest BCUT2D eigenvalue weighted by Gasteiger charge is -2.67. The van der Waals surface area contributed by atoms with Crippen LogP contribution in [0.4, 0.5) is 4.39 Å². The van der Waals surface area contributed by atoms with Crippen molar-refractivity contribution in [3.63, 3.8) is 0 Å². The Morgan fingerprint density at radius 1 is 0.898 bits per heavy atom. The largest absolute Gasteiger partial charge is 0.461 e. The predicted molar refractivity (Wildman–Crippen MR) is 164 cm³/mol. The number of hydrogen-bond acceptors (Lipinski definition) is 13. The molecule has 9 atom stereocenters. The number of ketones is 1. The minimum atomic E-state index is -2.32. The SMILES string of the molecule is CC(=O)O[C@H]1C(=O)[C@]2(C)[C@@H](OC(C)=O)C[C@H]3OC[C@@]3(OC(C)=O)[C@H]2[C@H](OC(=O)c2ccccc2F)[C@]2(O)C[C@H](OC(C)=O)C(C)=C1C2(C)C. The Labute approximate surface area is 282 Å². The van der Waals surface area contributed by atoms with E-state index in [9.17, 15) is 29.1 Å². The molecule has 4 aliphatic rings. The summed E-state index contributed by atoms with van der Waals surface area (Å²) < 4.78 is 50.2. The van der Waals surface area contributed by atoms with Gasteiger partial charge in [0.2, 0.25) is 0 Å². The van der Waals surface area contributed by atoms with Crippen LogP contribution in [0.25, 0.3) is 0 Å². The Hall–Kier alpha value is -4.17. The topological polar surface area (TPSA) is 178 Å². The average Bonchev–Trinajstić information content (AvgIpc) is 2.97. The molecular formula is C35H41FO13. The number of benzene rings is 1. The summed E-state index contributed by atoms with van der Waals surface area (Å²) in [5.41, 5.74) is -7.86. The van der Waals surface area contributed by atoms with Crippen molar-refractivity contribution in [2.75, 3.05) is 6.61 Å². The van der Waals surface area contributed by atoms with Crippen LogP contribution in [-0.4, -0.2) is 89.1 Å². The number of esters is 5. The van der Waals surface area contributed by atoms with Gasteiger partial charge in [0.1, 0.15) is 35.8 Å². The van der Waals surface area contributed by atoms with E-state index in [-0.39, 0.29) is 18.6 Å². The highest BCUT2D eigenvalue weighted by atomic mass is 19.1. The van der Waals surface area contributed by atoms with E-state index in [1.165, 1.54) is 25.1 Å². The van der Waals surface area contributed by atoms with Crippen LogP contribution in [0.5, 0.6) is 0 Å². The number of aliphatic hydroxyl groups is 1. The van der Waals surface area contributed by atoms with Crippen molar-refractivity contribution < 1.29 is 66.7 Å².